The molecule has 0 fully saturated rings. The summed E-state index contributed by atoms with van der Waals surface area (Å²) in [5, 5.41) is 19.5. The maximum Gasteiger partial charge on any atom is 0.290 e. The van der Waals surface area contributed by atoms with Crippen LogP contribution in [0.3, 0.4) is 0 Å². The number of rotatable bonds is 5. The van der Waals surface area contributed by atoms with E-state index in [9.17, 15) is 10.1 Å². The fraction of sp³-hybridized carbons (Fsp3) is 0.462. The molecule has 6 heteroatoms. The molecule has 0 aliphatic rings. The van der Waals surface area contributed by atoms with Gasteiger partial charge < -0.3 is 9.47 Å². The average molecular weight is 264 g/mol. The number of nitro benzene ring substituents is 1. The van der Waals surface area contributed by atoms with E-state index in [1.165, 1.54) is 18.2 Å². The monoisotopic (exact) mass is 264 g/mol. The smallest absolute Gasteiger partial charge is 0.290 e. The van der Waals surface area contributed by atoms with Gasteiger partial charge in [-0.15, -0.1) is 0 Å². The number of ether oxygens (including phenoxy) is 2. The Hall–Kier alpha value is -2.13. The summed E-state index contributed by atoms with van der Waals surface area (Å²) in [7, 11) is 0. The largest absolute Gasteiger partial charge is 0.491 e. The first-order chi connectivity index (χ1) is 8.83. The summed E-state index contributed by atoms with van der Waals surface area (Å²) in [4.78, 5) is 10.2. The van der Waals surface area contributed by atoms with Crippen molar-refractivity contribution in [1.29, 1.82) is 5.26 Å². The van der Waals surface area contributed by atoms with Crippen molar-refractivity contribution in [3.63, 3.8) is 0 Å². The fourth-order valence-corrected chi connectivity index (χ4v) is 1.35. The van der Waals surface area contributed by atoms with Crippen LogP contribution in [-0.4, -0.2) is 23.7 Å². The number of hydrogen-bond donors (Lipinski definition) is 0. The third-order valence-electron chi connectivity index (χ3n) is 2.17. The molecular weight excluding hydrogens is 248 g/mol. The molecule has 1 aromatic carbocycles. The SMILES string of the molecule is CC(C)(C)OCCOc1ccc(C#N)c([N+](=O)[O-])c1. The third kappa shape index (κ3) is 4.94. The van der Waals surface area contributed by atoms with E-state index in [2.05, 4.69) is 0 Å². The van der Waals surface area contributed by atoms with Crippen molar-refractivity contribution in [2.24, 2.45) is 0 Å². The zero-order valence-electron chi connectivity index (χ0n) is 11.2. The quantitative estimate of drug-likeness (QED) is 0.463. The number of nitro groups is 1. The lowest BCUT2D eigenvalue weighted by molar-refractivity contribution is -0.385. The first kappa shape index (κ1) is 14.9. The van der Waals surface area contributed by atoms with Crippen LogP contribution in [0.5, 0.6) is 5.75 Å². The molecule has 0 unspecified atom stereocenters. The Kier molecular flexibility index (Phi) is 4.84. The van der Waals surface area contributed by atoms with Gasteiger partial charge in [0, 0.05) is 0 Å². The van der Waals surface area contributed by atoms with Gasteiger partial charge in [0.2, 0.25) is 0 Å². The number of benzene rings is 1. The third-order valence-corrected chi connectivity index (χ3v) is 2.17. The maximum atomic E-state index is 10.8. The lowest BCUT2D eigenvalue weighted by Crippen LogP contribution is -2.22. The van der Waals surface area contributed by atoms with Crippen LogP contribution in [-0.2, 0) is 4.74 Å². The van der Waals surface area contributed by atoms with Crippen LogP contribution < -0.4 is 4.74 Å². The first-order valence-electron chi connectivity index (χ1n) is 5.79. The van der Waals surface area contributed by atoms with E-state index in [-0.39, 0.29) is 16.9 Å². The molecule has 0 aliphatic carbocycles. The molecule has 102 valence electrons. The van der Waals surface area contributed by atoms with Gasteiger partial charge in [-0.3, -0.25) is 10.1 Å². The minimum atomic E-state index is -0.600. The van der Waals surface area contributed by atoms with E-state index < -0.39 is 4.92 Å². The Morgan fingerprint density at radius 2 is 2.05 bits per heavy atom. The standard InChI is InChI=1S/C13H16N2O4/c1-13(2,3)19-7-6-18-11-5-4-10(9-14)12(8-11)15(16)17/h4-5,8H,6-7H2,1-3H3. The van der Waals surface area contributed by atoms with E-state index in [1.54, 1.807) is 6.07 Å². The van der Waals surface area contributed by atoms with Crippen molar-refractivity contribution >= 4 is 5.69 Å². The van der Waals surface area contributed by atoms with Crippen LogP contribution >= 0.6 is 0 Å². The molecule has 0 aromatic heterocycles. The van der Waals surface area contributed by atoms with Gasteiger partial charge in [0.15, 0.2) is 0 Å². The van der Waals surface area contributed by atoms with Crippen LogP contribution in [0.25, 0.3) is 0 Å². The number of hydrogen-bond acceptors (Lipinski definition) is 5. The van der Waals surface area contributed by atoms with Crippen molar-refractivity contribution in [2.75, 3.05) is 13.2 Å². The summed E-state index contributed by atoms with van der Waals surface area (Å²) in [6, 6.07) is 5.92. The summed E-state index contributed by atoms with van der Waals surface area (Å²) in [6.07, 6.45) is 0. The topological polar surface area (TPSA) is 85.4 Å². The van der Waals surface area contributed by atoms with Crippen molar-refractivity contribution in [3.8, 4) is 11.8 Å². The van der Waals surface area contributed by atoms with Gasteiger partial charge in [0.25, 0.3) is 5.69 Å². The molecule has 1 aromatic rings. The molecule has 0 heterocycles. The first-order valence-corrected chi connectivity index (χ1v) is 5.79. The summed E-state index contributed by atoms with van der Waals surface area (Å²) in [5.74, 6) is 0.350. The van der Waals surface area contributed by atoms with Gasteiger partial charge in [-0.1, -0.05) is 0 Å². The van der Waals surface area contributed by atoms with Crippen LogP contribution in [0, 0.1) is 21.4 Å². The molecule has 0 saturated heterocycles. The summed E-state index contributed by atoms with van der Waals surface area (Å²) in [6.45, 7) is 6.47. The van der Waals surface area contributed by atoms with Crippen LogP contribution in [0.15, 0.2) is 18.2 Å². The Bertz CT molecular complexity index is 500. The molecule has 19 heavy (non-hydrogen) atoms. The summed E-state index contributed by atoms with van der Waals surface area (Å²) < 4.78 is 10.8. The van der Waals surface area contributed by atoms with E-state index in [0.29, 0.717) is 19.0 Å². The summed E-state index contributed by atoms with van der Waals surface area (Å²) in [5.41, 5.74) is -0.486. The molecule has 0 saturated carbocycles. The Labute approximate surface area is 111 Å². The van der Waals surface area contributed by atoms with Gasteiger partial charge in [0.1, 0.15) is 24.0 Å². The minimum absolute atomic E-state index is 0.0169. The average Bonchev–Trinajstić information content (AvgIpc) is 2.33. The van der Waals surface area contributed by atoms with Crippen molar-refractivity contribution in [2.45, 2.75) is 26.4 Å². The van der Waals surface area contributed by atoms with E-state index in [0.717, 1.165) is 0 Å². The Morgan fingerprint density at radius 3 is 2.58 bits per heavy atom. The highest BCUT2D eigenvalue weighted by atomic mass is 16.6. The number of nitrogens with zero attached hydrogens (tertiary/aromatic N) is 2. The molecule has 1 rings (SSSR count). The Morgan fingerprint density at radius 1 is 1.37 bits per heavy atom. The molecule has 0 atom stereocenters. The fourth-order valence-electron chi connectivity index (χ4n) is 1.35. The second-order valence-corrected chi connectivity index (χ2v) is 4.86. The van der Waals surface area contributed by atoms with Crippen molar-refractivity contribution in [1.82, 2.24) is 0 Å². The minimum Gasteiger partial charge on any atom is -0.491 e. The van der Waals surface area contributed by atoms with E-state index in [4.69, 9.17) is 14.7 Å². The highest BCUT2D eigenvalue weighted by molar-refractivity contribution is 5.52. The predicted molar refractivity (Wildman–Crippen MR) is 69.0 cm³/mol. The van der Waals surface area contributed by atoms with Crippen molar-refractivity contribution < 1.29 is 14.4 Å². The van der Waals surface area contributed by atoms with Gasteiger partial charge in [-0.25, -0.2) is 0 Å². The zero-order chi connectivity index (χ0) is 14.5. The molecule has 0 radical (unpaired) electrons. The summed E-state index contributed by atoms with van der Waals surface area (Å²) >= 11 is 0. The van der Waals surface area contributed by atoms with Crippen LogP contribution in [0.4, 0.5) is 5.69 Å². The van der Waals surface area contributed by atoms with Gasteiger partial charge in [-0.2, -0.15) is 5.26 Å². The number of nitriles is 1. The van der Waals surface area contributed by atoms with E-state index >= 15 is 0 Å². The lowest BCUT2D eigenvalue weighted by atomic mass is 10.2. The second-order valence-electron chi connectivity index (χ2n) is 4.86. The molecule has 0 N–H and O–H groups in total. The van der Waals surface area contributed by atoms with Gasteiger partial charge in [0.05, 0.1) is 23.2 Å². The molecule has 0 aliphatic heterocycles. The lowest BCUT2D eigenvalue weighted by Gasteiger charge is -2.19. The van der Waals surface area contributed by atoms with Gasteiger partial charge >= 0.3 is 0 Å². The molecule has 6 nitrogen and oxygen atoms in total. The highest BCUT2D eigenvalue weighted by Crippen LogP contribution is 2.24. The van der Waals surface area contributed by atoms with Crippen LogP contribution in [0.2, 0.25) is 0 Å². The molecular formula is C13H16N2O4. The predicted octanol–water partition coefficient (Wildman–Crippen LogP) is 2.66. The van der Waals surface area contributed by atoms with Crippen molar-refractivity contribution in [3.05, 3.63) is 33.9 Å². The zero-order valence-corrected chi connectivity index (χ0v) is 11.2. The Balaban J connectivity index is 2.63. The van der Waals surface area contributed by atoms with Crippen LogP contribution in [0.1, 0.15) is 26.3 Å². The van der Waals surface area contributed by atoms with E-state index in [1.807, 2.05) is 20.8 Å². The normalized spacial score (nSPS) is 10.8. The molecule has 0 amide bonds. The molecule has 0 bridgehead atoms. The highest BCUT2D eigenvalue weighted by Gasteiger charge is 2.15. The maximum absolute atomic E-state index is 10.8. The second kappa shape index (κ2) is 6.16. The molecule has 0 spiro atoms. The van der Waals surface area contributed by atoms with Gasteiger partial charge in [-0.05, 0) is 32.9 Å².